The number of hydrogen-bond donors (Lipinski definition) is 0. The van der Waals surface area contributed by atoms with Crippen LogP contribution in [0.3, 0.4) is 0 Å². The van der Waals surface area contributed by atoms with Gasteiger partial charge in [-0.25, -0.2) is 4.98 Å². The molecule has 9 aromatic rings. The zero-order valence-corrected chi connectivity index (χ0v) is 25.1. The third kappa shape index (κ3) is 4.27. The van der Waals surface area contributed by atoms with Gasteiger partial charge in [-0.2, -0.15) is 0 Å². The Bertz CT molecular complexity index is 2500. The van der Waals surface area contributed by atoms with E-state index in [1.54, 1.807) is 0 Å². The summed E-state index contributed by atoms with van der Waals surface area (Å²) in [7, 11) is 0. The van der Waals surface area contributed by atoms with Crippen LogP contribution >= 0.6 is 0 Å². The number of pyridine rings is 2. The molecular formula is C44H28N2. The van der Waals surface area contributed by atoms with Crippen molar-refractivity contribution < 1.29 is 0 Å². The number of rotatable bonds is 4. The van der Waals surface area contributed by atoms with Crippen LogP contribution in [-0.2, 0) is 0 Å². The van der Waals surface area contributed by atoms with E-state index in [1.807, 2.05) is 18.3 Å². The van der Waals surface area contributed by atoms with E-state index >= 15 is 0 Å². The van der Waals surface area contributed by atoms with Crippen LogP contribution in [0.1, 0.15) is 0 Å². The van der Waals surface area contributed by atoms with Crippen LogP contribution in [0.4, 0.5) is 0 Å². The second-order valence-electron chi connectivity index (χ2n) is 11.7. The number of benzene rings is 7. The zero-order valence-electron chi connectivity index (χ0n) is 25.1. The van der Waals surface area contributed by atoms with Crippen molar-refractivity contribution in [3.63, 3.8) is 0 Å². The molecule has 0 unspecified atom stereocenters. The van der Waals surface area contributed by atoms with Crippen molar-refractivity contribution in [2.45, 2.75) is 0 Å². The van der Waals surface area contributed by atoms with Crippen molar-refractivity contribution in [3.05, 3.63) is 170 Å². The Labute approximate surface area is 267 Å². The van der Waals surface area contributed by atoms with E-state index in [1.165, 1.54) is 43.8 Å². The predicted octanol–water partition coefficient (Wildman–Crippen LogP) is 11.8. The molecule has 0 saturated carbocycles. The Balaban J connectivity index is 1.27. The van der Waals surface area contributed by atoms with E-state index in [4.69, 9.17) is 9.97 Å². The first-order valence-electron chi connectivity index (χ1n) is 15.7. The van der Waals surface area contributed by atoms with Crippen LogP contribution in [-0.4, -0.2) is 9.97 Å². The third-order valence-electron chi connectivity index (χ3n) is 9.10. The summed E-state index contributed by atoms with van der Waals surface area (Å²) in [5, 5.41) is 7.22. The fraction of sp³-hybridized carbons (Fsp3) is 0. The van der Waals surface area contributed by atoms with Gasteiger partial charge in [0.1, 0.15) is 0 Å². The topological polar surface area (TPSA) is 25.8 Å². The molecule has 0 bridgehead atoms. The van der Waals surface area contributed by atoms with Crippen LogP contribution in [0.5, 0.6) is 0 Å². The van der Waals surface area contributed by atoms with Gasteiger partial charge in [0.25, 0.3) is 0 Å². The van der Waals surface area contributed by atoms with Crippen LogP contribution < -0.4 is 0 Å². The zero-order chi connectivity index (χ0) is 30.5. The summed E-state index contributed by atoms with van der Waals surface area (Å²) in [6, 6.07) is 58.5. The molecule has 2 aromatic heterocycles. The van der Waals surface area contributed by atoms with E-state index in [2.05, 4.69) is 152 Å². The second-order valence-corrected chi connectivity index (χ2v) is 11.7. The Morgan fingerprint density at radius 1 is 0.348 bits per heavy atom. The lowest BCUT2D eigenvalue weighted by Gasteiger charge is -2.18. The normalized spacial score (nSPS) is 11.5. The van der Waals surface area contributed by atoms with Crippen LogP contribution in [0.15, 0.2) is 170 Å². The molecule has 0 spiro atoms. The van der Waals surface area contributed by atoms with Crippen molar-refractivity contribution in [1.29, 1.82) is 0 Å². The number of nitrogens with zero attached hydrogens (tertiary/aromatic N) is 2. The summed E-state index contributed by atoms with van der Waals surface area (Å²) in [4.78, 5) is 9.92. The smallest absolute Gasteiger partial charge is 0.0978 e. The maximum absolute atomic E-state index is 5.16. The first kappa shape index (κ1) is 26.3. The summed E-state index contributed by atoms with van der Waals surface area (Å²) in [5.74, 6) is 0. The molecule has 2 heterocycles. The molecule has 0 N–H and O–H groups in total. The Kier molecular flexibility index (Phi) is 6.17. The molecule has 0 aliphatic carbocycles. The van der Waals surface area contributed by atoms with Gasteiger partial charge in [0.05, 0.1) is 16.7 Å². The third-order valence-corrected chi connectivity index (χ3v) is 9.10. The molecule has 0 aliphatic heterocycles. The van der Waals surface area contributed by atoms with Crippen molar-refractivity contribution in [2.24, 2.45) is 0 Å². The van der Waals surface area contributed by atoms with E-state index in [9.17, 15) is 0 Å². The maximum Gasteiger partial charge on any atom is 0.0978 e. The average Bonchev–Trinajstić information content (AvgIpc) is 3.14. The molecule has 2 heteroatoms. The van der Waals surface area contributed by atoms with Crippen molar-refractivity contribution >= 4 is 43.4 Å². The van der Waals surface area contributed by atoms with Crippen molar-refractivity contribution in [2.75, 3.05) is 0 Å². The molecule has 0 atom stereocenters. The molecule has 7 aromatic carbocycles. The summed E-state index contributed by atoms with van der Waals surface area (Å²) in [6.45, 7) is 0. The highest BCUT2D eigenvalue weighted by Gasteiger charge is 2.17. The summed E-state index contributed by atoms with van der Waals surface area (Å²) < 4.78 is 0. The maximum atomic E-state index is 5.16. The second kappa shape index (κ2) is 10.8. The minimum atomic E-state index is 0.923. The van der Waals surface area contributed by atoms with Crippen LogP contribution in [0.2, 0.25) is 0 Å². The molecule has 0 fully saturated rings. The first-order chi connectivity index (χ1) is 22.8. The van der Waals surface area contributed by atoms with E-state index in [-0.39, 0.29) is 0 Å². The largest absolute Gasteiger partial charge is 0.254 e. The van der Waals surface area contributed by atoms with Crippen LogP contribution in [0, 0.1) is 0 Å². The van der Waals surface area contributed by atoms with Gasteiger partial charge in [0.2, 0.25) is 0 Å². The van der Waals surface area contributed by atoms with E-state index in [0.29, 0.717) is 0 Å². The van der Waals surface area contributed by atoms with Gasteiger partial charge in [-0.15, -0.1) is 0 Å². The summed E-state index contributed by atoms with van der Waals surface area (Å²) >= 11 is 0. The number of hydrogen-bond acceptors (Lipinski definition) is 2. The minimum Gasteiger partial charge on any atom is -0.254 e. The minimum absolute atomic E-state index is 0.923. The van der Waals surface area contributed by atoms with Gasteiger partial charge in [-0.1, -0.05) is 152 Å². The molecule has 0 amide bonds. The first-order valence-corrected chi connectivity index (χ1v) is 15.7. The molecular weight excluding hydrogens is 556 g/mol. The molecule has 0 aliphatic rings. The van der Waals surface area contributed by atoms with Gasteiger partial charge >= 0.3 is 0 Å². The summed E-state index contributed by atoms with van der Waals surface area (Å²) in [6.07, 6.45) is 1.85. The lowest BCUT2D eigenvalue weighted by molar-refractivity contribution is 1.37. The van der Waals surface area contributed by atoms with Crippen molar-refractivity contribution in [1.82, 2.24) is 9.97 Å². The lowest BCUT2D eigenvalue weighted by Crippen LogP contribution is -1.93. The monoisotopic (exact) mass is 584 g/mol. The van der Waals surface area contributed by atoms with Gasteiger partial charge < -0.3 is 0 Å². The number of aromatic nitrogens is 2. The molecule has 9 rings (SSSR count). The Morgan fingerprint density at radius 2 is 0.870 bits per heavy atom. The quantitative estimate of drug-likeness (QED) is 0.152. The molecule has 0 saturated heterocycles. The summed E-state index contributed by atoms with van der Waals surface area (Å²) in [5.41, 5.74) is 11.2. The van der Waals surface area contributed by atoms with E-state index < -0.39 is 0 Å². The van der Waals surface area contributed by atoms with Crippen molar-refractivity contribution in [3.8, 4) is 44.6 Å². The average molecular weight is 585 g/mol. The molecule has 46 heavy (non-hydrogen) atoms. The SMILES string of the molecule is c1ccc(-c2cc(-c3ccc(-c4c5ccccc5c(-c5ccccc5)c5ccccc45)cc3)c3ccc4cccnc4c3n2)cc1. The highest BCUT2D eigenvalue weighted by atomic mass is 14.8. The van der Waals surface area contributed by atoms with E-state index in [0.717, 1.165) is 44.2 Å². The Morgan fingerprint density at radius 3 is 1.48 bits per heavy atom. The highest BCUT2D eigenvalue weighted by Crippen LogP contribution is 2.44. The van der Waals surface area contributed by atoms with Gasteiger partial charge in [0, 0.05) is 22.5 Å². The molecule has 2 nitrogen and oxygen atoms in total. The fourth-order valence-corrected chi connectivity index (χ4v) is 6.99. The van der Waals surface area contributed by atoms with Gasteiger partial charge in [0.15, 0.2) is 0 Å². The molecule has 214 valence electrons. The van der Waals surface area contributed by atoms with Gasteiger partial charge in [-0.05, 0) is 67.1 Å². The molecule has 0 radical (unpaired) electrons. The standard InChI is InChI=1S/C44H28N2/c1-3-12-30(13-4-1)40-28-39(38-26-25-33-16-11-27-45-43(33)44(38)46-40)29-21-23-32(24-22-29)42-36-19-9-7-17-34(36)41(31-14-5-2-6-15-31)35-18-8-10-20-37(35)42/h1-28H. The Hall–Kier alpha value is -6.12. The lowest BCUT2D eigenvalue weighted by atomic mass is 9.85. The van der Waals surface area contributed by atoms with Crippen LogP contribution in [0.25, 0.3) is 88.0 Å². The number of fused-ring (bicyclic) bond motifs is 5. The fourth-order valence-electron chi connectivity index (χ4n) is 6.99. The highest BCUT2D eigenvalue weighted by molar-refractivity contribution is 6.21. The predicted molar refractivity (Wildman–Crippen MR) is 194 cm³/mol. The van der Waals surface area contributed by atoms with Gasteiger partial charge in [-0.3, -0.25) is 4.98 Å².